The van der Waals surface area contributed by atoms with Crippen molar-refractivity contribution < 1.29 is 19.6 Å². The largest absolute Gasteiger partial charge is 0.309 e. The van der Waals surface area contributed by atoms with Crippen LogP contribution in [-0.2, 0) is 14.4 Å². The Hall–Kier alpha value is -2.52. The lowest BCUT2D eigenvalue weighted by Gasteiger charge is -2.37. The third kappa shape index (κ3) is 5.76. The van der Waals surface area contributed by atoms with E-state index < -0.39 is 12.0 Å². The molecular formula is C21H31N5O4. The Morgan fingerprint density at radius 1 is 1.37 bits per heavy atom. The summed E-state index contributed by atoms with van der Waals surface area (Å²) in [6.07, 6.45) is 8.19. The van der Waals surface area contributed by atoms with Gasteiger partial charge in [0.15, 0.2) is 0 Å². The van der Waals surface area contributed by atoms with Crippen molar-refractivity contribution in [2.24, 2.45) is 11.8 Å². The van der Waals surface area contributed by atoms with Crippen molar-refractivity contribution in [2.45, 2.75) is 57.9 Å². The van der Waals surface area contributed by atoms with Crippen LogP contribution >= 0.6 is 0 Å². The average Bonchev–Trinajstić information content (AvgIpc) is 3.25. The summed E-state index contributed by atoms with van der Waals surface area (Å²) < 4.78 is 0. The molecule has 0 unspecified atom stereocenters. The second-order valence-corrected chi connectivity index (χ2v) is 8.29. The lowest BCUT2D eigenvalue weighted by atomic mass is 9.91. The summed E-state index contributed by atoms with van der Waals surface area (Å²) in [5, 5.41) is 14.5. The number of hydrazine groups is 1. The molecule has 2 fully saturated rings. The van der Waals surface area contributed by atoms with Crippen LogP contribution in [0.4, 0.5) is 5.82 Å². The van der Waals surface area contributed by atoms with E-state index in [-0.39, 0.29) is 18.4 Å². The third-order valence-corrected chi connectivity index (χ3v) is 5.93. The first-order chi connectivity index (χ1) is 14.5. The number of nitrogens with one attached hydrogen (secondary N) is 2. The van der Waals surface area contributed by atoms with Crippen molar-refractivity contribution in [3.63, 3.8) is 0 Å². The fourth-order valence-corrected chi connectivity index (χ4v) is 4.40. The monoisotopic (exact) mass is 417 g/mol. The zero-order valence-electron chi connectivity index (χ0n) is 17.4. The van der Waals surface area contributed by atoms with E-state index in [0.717, 1.165) is 37.7 Å². The standard InChI is InChI=1S/C21H31N5O4/c1-15-8-10-22-19(11-15)24-20(28)18-7-4-9-23-26(18)21(29)17(13-25(30)14-27)12-16-5-2-3-6-16/h8,10-11,14,16-18,23,30H,2-7,9,12-13H2,1H3,(H,22,24,28)/t17-,18+/m1/s1. The van der Waals surface area contributed by atoms with Gasteiger partial charge in [0.2, 0.25) is 18.2 Å². The van der Waals surface area contributed by atoms with Gasteiger partial charge >= 0.3 is 0 Å². The van der Waals surface area contributed by atoms with Crippen LogP contribution in [-0.4, -0.2) is 57.6 Å². The number of carbonyl (C=O) groups is 3. The molecule has 0 radical (unpaired) electrons. The van der Waals surface area contributed by atoms with E-state index in [9.17, 15) is 19.6 Å². The number of hydroxylamine groups is 2. The number of nitrogens with zero attached hydrogens (tertiary/aromatic N) is 3. The molecule has 0 bridgehead atoms. The van der Waals surface area contributed by atoms with Crippen LogP contribution < -0.4 is 10.7 Å². The zero-order valence-corrected chi connectivity index (χ0v) is 17.4. The van der Waals surface area contributed by atoms with Crippen LogP contribution in [0.25, 0.3) is 0 Å². The summed E-state index contributed by atoms with van der Waals surface area (Å²) in [6.45, 7) is 2.42. The van der Waals surface area contributed by atoms with E-state index in [0.29, 0.717) is 42.6 Å². The van der Waals surface area contributed by atoms with E-state index in [1.807, 2.05) is 13.0 Å². The Morgan fingerprint density at radius 3 is 2.83 bits per heavy atom. The predicted molar refractivity (Wildman–Crippen MR) is 110 cm³/mol. The molecule has 0 spiro atoms. The fourth-order valence-electron chi connectivity index (χ4n) is 4.40. The summed E-state index contributed by atoms with van der Waals surface area (Å²) in [5.41, 5.74) is 4.03. The first kappa shape index (κ1) is 22.2. The van der Waals surface area contributed by atoms with Gasteiger partial charge in [-0.2, -0.15) is 0 Å². The van der Waals surface area contributed by atoms with Gasteiger partial charge in [0, 0.05) is 12.7 Å². The molecule has 0 aromatic carbocycles. The summed E-state index contributed by atoms with van der Waals surface area (Å²) in [7, 11) is 0. The van der Waals surface area contributed by atoms with Crippen LogP contribution in [0.1, 0.15) is 50.5 Å². The SMILES string of the molecule is Cc1ccnc(NC(=O)[C@@H]2CCCNN2C(=O)[C@H](CC2CCCC2)CN(O)C=O)c1. The van der Waals surface area contributed by atoms with Crippen molar-refractivity contribution >= 4 is 24.0 Å². The molecule has 3 amide bonds. The van der Waals surface area contributed by atoms with Gasteiger partial charge in [-0.25, -0.2) is 15.5 Å². The lowest BCUT2D eigenvalue weighted by molar-refractivity contribution is -0.161. The number of hydrogen-bond acceptors (Lipinski definition) is 6. The van der Waals surface area contributed by atoms with Gasteiger partial charge < -0.3 is 5.32 Å². The molecule has 1 saturated heterocycles. The first-order valence-electron chi connectivity index (χ1n) is 10.7. The van der Waals surface area contributed by atoms with Gasteiger partial charge in [-0.05, 0) is 49.8 Å². The van der Waals surface area contributed by atoms with E-state index >= 15 is 0 Å². The summed E-state index contributed by atoms with van der Waals surface area (Å²) in [6, 6.07) is 2.94. The molecule has 1 aliphatic heterocycles. The molecule has 3 rings (SSSR count). The minimum Gasteiger partial charge on any atom is -0.309 e. The lowest BCUT2D eigenvalue weighted by Crippen LogP contribution is -2.59. The number of carbonyl (C=O) groups excluding carboxylic acids is 3. The van der Waals surface area contributed by atoms with Crippen LogP contribution in [0, 0.1) is 18.8 Å². The van der Waals surface area contributed by atoms with Gasteiger partial charge in [0.1, 0.15) is 11.9 Å². The number of anilines is 1. The maximum atomic E-state index is 13.4. The topological polar surface area (TPSA) is 115 Å². The maximum Gasteiger partial charge on any atom is 0.249 e. The van der Waals surface area contributed by atoms with Crippen LogP contribution in [0.15, 0.2) is 18.3 Å². The smallest absolute Gasteiger partial charge is 0.249 e. The van der Waals surface area contributed by atoms with Gasteiger partial charge in [-0.1, -0.05) is 25.7 Å². The van der Waals surface area contributed by atoms with Crippen molar-refractivity contribution in [1.29, 1.82) is 0 Å². The van der Waals surface area contributed by atoms with Crippen molar-refractivity contribution in [3.8, 4) is 0 Å². The molecule has 2 atom stereocenters. The molecule has 9 nitrogen and oxygen atoms in total. The van der Waals surface area contributed by atoms with Crippen molar-refractivity contribution in [2.75, 3.05) is 18.4 Å². The molecule has 1 saturated carbocycles. The Kier molecular flexibility index (Phi) is 7.75. The van der Waals surface area contributed by atoms with E-state index in [2.05, 4.69) is 15.7 Å². The van der Waals surface area contributed by atoms with Crippen LogP contribution in [0.5, 0.6) is 0 Å². The summed E-state index contributed by atoms with van der Waals surface area (Å²) in [5.74, 6) is -0.291. The number of aromatic nitrogens is 1. The van der Waals surface area contributed by atoms with E-state index in [1.165, 1.54) is 5.01 Å². The quantitative estimate of drug-likeness (QED) is 0.338. The fraction of sp³-hybridized carbons (Fsp3) is 0.619. The van der Waals surface area contributed by atoms with Crippen molar-refractivity contribution in [1.82, 2.24) is 20.5 Å². The molecule has 30 heavy (non-hydrogen) atoms. The Morgan fingerprint density at radius 2 is 2.13 bits per heavy atom. The van der Waals surface area contributed by atoms with E-state index in [4.69, 9.17) is 0 Å². The third-order valence-electron chi connectivity index (χ3n) is 5.93. The Bertz CT molecular complexity index is 753. The molecule has 2 heterocycles. The molecule has 1 aromatic heterocycles. The van der Waals surface area contributed by atoms with Gasteiger partial charge in [-0.15, -0.1) is 0 Å². The summed E-state index contributed by atoms with van der Waals surface area (Å²) >= 11 is 0. The molecular weight excluding hydrogens is 386 g/mol. The highest BCUT2D eigenvalue weighted by Gasteiger charge is 2.37. The number of aryl methyl sites for hydroxylation is 1. The second-order valence-electron chi connectivity index (χ2n) is 8.29. The predicted octanol–water partition coefficient (Wildman–Crippen LogP) is 1.87. The van der Waals surface area contributed by atoms with Gasteiger partial charge in [0.25, 0.3) is 0 Å². The van der Waals surface area contributed by atoms with Crippen LogP contribution in [0.2, 0.25) is 0 Å². The highest BCUT2D eigenvalue weighted by molar-refractivity contribution is 5.96. The van der Waals surface area contributed by atoms with E-state index in [1.54, 1.807) is 12.3 Å². The molecule has 164 valence electrons. The molecule has 1 aromatic rings. The minimum atomic E-state index is -0.678. The minimum absolute atomic E-state index is 0.0786. The van der Waals surface area contributed by atoms with Crippen molar-refractivity contribution in [3.05, 3.63) is 23.9 Å². The van der Waals surface area contributed by atoms with Gasteiger partial charge in [-0.3, -0.25) is 24.6 Å². The maximum absolute atomic E-state index is 13.4. The molecule has 2 aliphatic rings. The average molecular weight is 418 g/mol. The number of rotatable bonds is 8. The Labute approximate surface area is 176 Å². The normalized spacial score (nSPS) is 20.6. The number of amides is 3. The summed E-state index contributed by atoms with van der Waals surface area (Å²) in [4.78, 5) is 41.4. The molecule has 1 aliphatic carbocycles. The second kappa shape index (κ2) is 10.5. The highest BCUT2D eigenvalue weighted by Crippen LogP contribution is 2.31. The first-order valence-corrected chi connectivity index (χ1v) is 10.7. The number of hydrogen-bond donors (Lipinski definition) is 3. The Balaban J connectivity index is 1.73. The van der Waals surface area contributed by atoms with Crippen LogP contribution in [0.3, 0.4) is 0 Å². The van der Waals surface area contributed by atoms with Gasteiger partial charge in [0.05, 0.1) is 12.5 Å². The number of pyridine rings is 1. The molecule has 3 N–H and O–H groups in total. The highest BCUT2D eigenvalue weighted by atomic mass is 16.5. The molecule has 9 heteroatoms. The zero-order chi connectivity index (χ0) is 21.5.